The second-order valence-electron chi connectivity index (χ2n) is 7.69. The third-order valence-electron chi connectivity index (χ3n) is 5.29. The highest BCUT2D eigenvalue weighted by atomic mass is 16.5. The quantitative estimate of drug-likeness (QED) is 0.411. The van der Waals surface area contributed by atoms with E-state index in [9.17, 15) is 4.79 Å². The Bertz CT molecular complexity index is 1180. The molecule has 158 valence electrons. The molecule has 0 aliphatic rings. The Morgan fingerprint density at radius 1 is 1.00 bits per heavy atom. The van der Waals surface area contributed by atoms with E-state index in [1.54, 1.807) is 0 Å². The Hall–Kier alpha value is -3.60. The number of hydrogen-bond donors (Lipinski definition) is 1. The van der Waals surface area contributed by atoms with Gasteiger partial charge in [-0.1, -0.05) is 48.0 Å². The lowest BCUT2D eigenvalue weighted by molar-refractivity contribution is 0.0949. The van der Waals surface area contributed by atoms with Crippen molar-refractivity contribution in [1.82, 2.24) is 14.9 Å². The Kier molecular flexibility index (Phi) is 6.32. The van der Waals surface area contributed by atoms with Crippen LogP contribution in [0.3, 0.4) is 0 Å². The highest BCUT2D eigenvalue weighted by Crippen LogP contribution is 2.20. The van der Waals surface area contributed by atoms with Gasteiger partial charge in [-0.05, 0) is 56.2 Å². The predicted octanol–water partition coefficient (Wildman–Crippen LogP) is 5.05. The number of fused-ring (bicyclic) bond motifs is 1. The van der Waals surface area contributed by atoms with Crippen molar-refractivity contribution in [3.8, 4) is 5.75 Å². The van der Waals surface area contributed by atoms with Crippen LogP contribution >= 0.6 is 0 Å². The number of imidazole rings is 1. The Morgan fingerprint density at radius 3 is 2.58 bits per heavy atom. The fourth-order valence-electron chi connectivity index (χ4n) is 3.73. The summed E-state index contributed by atoms with van der Waals surface area (Å²) in [6, 6.07) is 23.5. The monoisotopic (exact) mass is 413 g/mol. The van der Waals surface area contributed by atoms with Gasteiger partial charge in [0.1, 0.15) is 11.6 Å². The molecule has 3 aromatic carbocycles. The molecule has 5 nitrogen and oxygen atoms in total. The van der Waals surface area contributed by atoms with E-state index in [2.05, 4.69) is 41.9 Å². The third kappa shape index (κ3) is 4.94. The molecule has 0 radical (unpaired) electrons. The normalized spacial score (nSPS) is 10.9. The van der Waals surface area contributed by atoms with Gasteiger partial charge < -0.3 is 14.6 Å². The molecule has 0 bridgehead atoms. The Balaban J connectivity index is 1.43. The zero-order valence-electron chi connectivity index (χ0n) is 18.0. The van der Waals surface area contributed by atoms with Crippen LogP contribution < -0.4 is 10.1 Å². The van der Waals surface area contributed by atoms with E-state index < -0.39 is 0 Å². The zero-order chi connectivity index (χ0) is 21.6. The number of nitrogens with one attached hydrogen (secondary N) is 1. The SMILES string of the molecule is Cc1ccc(OCCCn2c(CNC(=O)c3ccccc3)nc3ccccc32)c(C)c1. The Morgan fingerprint density at radius 2 is 1.77 bits per heavy atom. The molecule has 0 aliphatic carbocycles. The van der Waals surface area contributed by atoms with Gasteiger partial charge in [0.05, 0.1) is 24.2 Å². The minimum atomic E-state index is -0.0996. The molecule has 0 unspecified atom stereocenters. The molecule has 1 heterocycles. The van der Waals surface area contributed by atoms with Crippen molar-refractivity contribution in [3.05, 3.63) is 95.3 Å². The van der Waals surface area contributed by atoms with E-state index in [0.29, 0.717) is 18.7 Å². The topological polar surface area (TPSA) is 56.1 Å². The molecule has 0 fully saturated rings. The molecule has 4 aromatic rings. The lowest BCUT2D eigenvalue weighted by Gasteiger charge is -2.12. The number of aromatic nitrogens is 2. The summed E-state index contributed by atoms with van der Waals surface area (Å²) in [6.07, 6.45) is 0.841. The molecule has 1 N–H and O–H groups in total. The summed E-state index contributed by atoms with van der Waals surface area (Å²) < 4.78 is 8.17. The van der Waals surface area contributed by atoms with Crippen LogP contribution in [0.15, 0.2) is 72.8 Å². The number of para-hydroxylation sites is 2. The van der Waals surface area contributed by atoms with Gasteiger partial charge in [0, 0.05) is 12.1 Å². The number of amides is 1. The molecular formula is C26H27N3O2. The molecule has 5 heteroatoms. The van der Waals surface area contributed by atoms with E-state index in [4.69, 9.17) is 9.72 Å². The third-order valence-corrected chi connectivity index (χ3v) is 5.29. The maximum Gasteiger partial charge on any atom is 0.251 e. The lowest BCUT2D eigenvalue weighted by Crippen LogP contribution is -2.24. The number of benzene rings is 3. The van der Waals surface area contributed by atoms with Crippen LogP contribution in [0.4, 0.5) is 0 Å². The molecule has 4 rings (SSSR count). The summed E-state index contributed by atoms with van der Waals surface area (Å²) in [6.45, 7) is 5.91. The van der Waals surface area contributed by atoms with Gasteiger partial charge in [-0.25, -0.2) is 4.98 Å². The number of rotatable bonds is 8. The second-order valence-corrected chi connectivity index (χ2v) is 7.69. The average molecular weight is 414 g/mol. The molecule has 0 saturated carbocycles. The smallest absolute Gasteiger partial charge is 0.251 e. The summed E-state index contributed by atoms with van der Waals surface area (Å²) in [5.41, 5.74) is 5.03. The van der Waals surface area contributed by atoms with Crippen molar-refractivity contribution in [2.75, 3.05) is 6.61 Å². The first kappa shape index (κ1) is 20.7. The van der Waals surface area contributed by atoms with Crippen LogP contribution in [0, 0.1) is 13.8 Å². The van der Waals surface area contributed by atoms with E-state index in [0.717, 1.165) is 41.1 Å². The first-order valence-electron chi connectivity index (χ1n) is 10.6. The molecular weight excluding hydrogens is 386 g/mol. The number of aryl methyl sites for hydroxylation is 3. The van der Waals surface area contributed by atoms with Crippen LogP contribution in [0.2, 0.25) is 0 Å². The maximum atomic E-state index is 12.4. The number of carbonyl (C=O) groups excluding carboxylic acids is 1. The standard InChI is InChI=1S/C26H27N3O2/c1-19-13-14-24(20(2)17-19)31-16-8-15-29-23-12-7-6-11-22(23)28-25(29)18-27-26(30)21-9-4-3-5-10-21/h3-7,9-14,17H,8,15-16,18H2,1-2H3,(H,27,30). The minimum absolute atomic E-state index is 0.0996. The molecule has 1 amide bonds. The van der Waals surface area contributed by atoms with E-state index in [-0.39, 0.29) is 5.91 Å². The first-order valence-corrected chi connectivity index (χ1v) is 10.6. The fraction of sp³-hybridized carbons (Fsp3) is 0.231. The summed E-state index contributed by atoms with van der Waals surface area (Å²) in [4.78, 5) is 17.2. The largest absolute Gasteiger partial charge is 0.493 e. The van der Waals surface area contributed by atoms with Crippen molar-refractivity contribution in [2.45, 2.75) is 33.4 Å². The number of carbonyl (C=O) groups is 1. The van der Waals surface area contributed by atoms with E-state index in [1.807, 2.05) is 54.6 Å². The summed E-state index contributed by atoms with van der Waals surface area (Å²) in [5.74, 6) is 1.67. The Labute approximate surface area is 182 Å². The van der Waals surface area contributed by atoms with Crippen LogP contribution in [0.5, 0.6) is 5.75 Å². The second kappa shape index (κ2) is 9.47. The predicted molar refractivity (Wildman–Crippen MR) is 123 cm³/mol. The average Bonchev–Trinajstić information content (AvgIpc) is 3.14. The highest BCUT2D eigenvalue weighted by Gasteiger charge is 2.12. The summed E-state index contributed by atoms with van der Waals surface area (Å²) in [7, 11) is 0. The number of hydrogen-bond acceptors (Lipinski definition) is 3. The molecule has 0 atom stereocenters. The highest BCUT2D eigenvalue weighted by molar-refractivity contribution is 5.94. The molecule has 1 aromatic heterocycles. The van der Waals surface area contributed by atoms with Crippen molar-refractivity contribution < 1.29 is 9.53 Å². The minimum Gasteiger partial charge on any atom is -0.493 e. The van der Waals surface area contributed by atoms with Crippen molar-refractivity contribution in [3.63, 3.8) is 0 Å². The number of nitrogens with zero attached hydrogens (tertiary/aromatic N) is 2. The summed E-state index contributed by atoms with van der Waals surface area (Å²) in [5, 5.41) is 2.99. The van der Waals surface area contributed by atoms with Crippen molar-refractivity contribution in [1.29, 1.82) is 0 Å². The van der Waals surface area contributed by atoms with Crippen molar-refractivity contribution >= 4 is 16.9 Å². The van der Waals surface area contributed by atoms with Crippen molar-refractivity contribution in [2.24, 2.45) is 0 Å². The van der Waals surface area contributed by atoms with Gasteiger partial charge in [0.25, 0.3) is 5.91 Å². The lowest BCUT2D eigenvalue weighted by atomic mass is 10.1. The van der Waals surface area contributed by atoms with Crippen LogP contribution in [-0.4, -0.2) is 22.1 Å². The van der Waals surface area contributed by atoms with Gasteiger partial charge in [-0.15, -0.1) is 0 Å². The number of ether oxygens (including phenoxy) is 1. The van der Waals surface area contributed by atoms with Crippen LogP contribution in [0.1, 0.15) is 33.7 Å². The molecule has 0 saturated heterocycles. The molecule has 0 spiro atoms. The molecule has 31 heavy (non-hydrogen) atoms. The van der Waals surface area contributed by atoms with Gasteiger partial charge in [-0.2, -0.15) is 0 Å². The van der Waals surface area contributed by atoms with Gasteiger partial charge in [-0.3, -0.25) is 4.79 Å². The zero-order valence-corrected chi connectivity index (χ0v) is 18.0. The van der Waals surface area contributed by atoms with Gasteiger partial charge >= 0.3 is 0 Å². The summed E-state index contributed by atoms with van der Waals surface area (Å²) >= 11 is 0. The first-order chi connectivity index (χ1) is 15.1. The van der Waals surface area contributed by atoms with Crippen LogP contribution in [0.25, 0.3) is 11.0 Å². The van der Waals surface area contributed by atoms with E-state index >= 15 is 0 Å². The van der Waals surface area contributed by atoms with Gasteiger partial charge in [0.15, 0.2) is 0 Å². The maximum absolute atomic E-state index is 12.4. The van der Waals surface area contributed by atoms with Crippen LogP contribution in [-0.2, 0) is 13.1 Å². The van der Waals surface area contributed by atoms with Gasteiger partial charge in [0.2, 0.25) is 0 Å². The van der Waals surface area contributed by atoms with E-state index in [1.165, 1.54) is 5.56 Å². The fourth-order valence-corrected chi connectivity index (χ4v) is 3.73. The molecule has 0 aliphatic heterocycles.